The fraction of sp³-hybridized carbons (Fsp3) is 0.286. The number of aromatic nitrogens is 2. The SMILES string of the molecule is CCCOc1cc(Nc2ccc(N)cc2)nc(C)n1. The van der Waals surface area contributed by atoms with Gasteiger partial charge in [-0.2, -0.15) is 4.98 Å². The summed E-state index contributed by atoms with van der Waals surface area (Å²) in [6.45, 7) is 4.55. The normalized spacial score (nSPS) is 10.2. The molecule has 3 N–H and O–H groups in total. The van der Waals surface area contributed by atoms with Crippen molar-refractivity contribution < 1.29 is 4.74 Å². The Hall–Kier alpha value is -2.30. The predicted octanol–water partition coefficient (Wildman–Crippen LogP) is 2.90. The number of ether oxygens (including phenoxy) is 1. The Balaban J connectivity index is 2.15. The summed E-state index contributed by atoms with van der Waals surface area (Å²) < 4.78 is 5.52. The molecule has 2 rings (SSSR count). The van der Waals surface area contributed by atoms with Gasteiger partial charge >= 0.3 is 0 Å². The first kappa shape index (κ1) is 13.1. The van der Waals surface area contributed by atoms with Crippen LogP contribution < -0.4 is 15.8 Å². The van der Waals surface area contributed by atoms with Crippen LogP contribution in [0.2, 0.25) is 0 Å². The lowest BCUT2D eigenvalue weighted by molar-refractivity contribution is 0.304. The first-order valence-corrected chi connectivity index (χ1v) is 6.28. The van der Waals surface area contributed by atoms with Gasteiger partial charge < -0.3 is 15.8 Å². The quantitative estimate of drug-likeness (QED) is 0.807. The van der Waals surface area contributed by atoms with Crippen LogP contribution in [-0.2, 0) is 0 Å². The van der Waals surface area contributed by atoms with E-state index in [2.05, 4.69) is 22.2 Å². The van der Waals surface area contributed by atoms with Crippen molar-refractivity contribution in [1.82, 2.24) is 9.97 Å². The average Bonchev–Trinajstić information content (AvgIpc) is 2.38. The van der Waals surface area contributed by atoms with Gasteiger partial charge in [0.1, 0.15) is 11.6 Å². The van der Waals surface area contributed by atoms with E-state index in [0.717, 1.165) is 17.8 Å². The number of rotatable bonds is 5. The number of nitrogens with one attached hydrogen (secondary N) is 1. The number of nitrogens with two attached hydrogens (primary N) is 1. The van der Waals surface area contributed by atoms with Crippen LogP contribution in [0.4, 0.5) is 17.2 Å². The fourth-order valence-electron chi connectivity index (χ4n) is 1.60. The molecule has 0 unspecified atom stereocenters. The zero-order valence-electron chi connectivity index (χ0n) is 11.2. The van der Waals surface area contributed by atoms with Crippen molar-refractivity contribution >= 4 is 17.2 Å². The van der Waals surface area contributed by atoms with E-state index in [1.165, 1.54) is 0 Å². The first-order valence-electron chi connectivity index (χ1n) is 6.28. The molecule has 0 radical (unpaired) electrons. The van der Waals surface area contributed by atoms with Crippen LogP contribution in [0.3, 0.4) is 0 Å². The zero-order chi connectivity index (χ0) is 13.7. The van der Waals surface area contributed by atoms with Crippen LogP contribution >= 0.6 is 0 Å². The second kappa shape index (κ2) is 6.04. The van der Waals surface area contributed by atoms with Gasteiger partial charge in [-0.3, -0.25) is 0 Å². The summed E-state index contributed by atoms with van der Waals surface area (Å²) in [4.78, 5) is 8.56. The Morgan fingerprint density at radius 1 is 1.21 bits per heavy atom. The highest BCUT2D eigenvalue weighted by Crippen LogP contribution is 2.19. The van der Waals surface area contributed by atoms with Gasteiger partial charge in [0.25, 0.3) is 0 Å². The lowest BCUT2D eigenvalue weighted by atomic mass is 10.3. The van der Waals surface area contributed by atoms with Crippen LogP contribution in [-0.4, -0.2) is 16.6 Å². The van der Waals surface area contributed by atoms with Crippen LogP contribution in [0.25, 0.3) is 0 Å². The van der Waals surface area contributed by atoms with Gasteiger partial charge in [-0.05, 0) is 37.6 Å². The van der Waals surface area contributed by atoms with E-state index >= 15 is 0 Å². The molecular formula is C14H18N4O. The molecule has 1 aromatic heterocycles. The van der Waals surface area contributed by atoms with Crippen molar-refractivity contribution in [3.8, 4) is 5.88 Å². The summed E-state index contributed by atoms with van der Waals surface area (Å²) in [6.07, 6.45) is 0.948. The molecule has 0 aliphatic rings. The van der Waals surface area contributed by atoms with E-state index in [4.69, 9.17) is 10.5 Å². The number of nitrogens with zero attached hydrogens (tertiary/aromatic N) is 2. The maximum atomic E-state index is 5.65. The van der Waals surface area contributed by atoms with Crippen LogP contribution in [0.1, 0.15) is 19.2 Å². The molecular weight excluding hydrogens is 240 g/mol. The number of nitrogen functional groups attached to an aromatic ring is 1. The Kier molecular flexibility index (Phi) is 4.18. The second-order valence-electron chi connectivity index (χ2n) is 4.23. The molecule has 0 saturated carbocycles. The lowest BCUT2D eigenvalue weighted by Crippen LogP contribution is -2.02. The highest BCUT2D eigenvalue weighted by Gasteiger charge is 2.03. The molecule has 19 heavy (non-hydrogen) atoms. The number of hydrogen-bond donors (Lipinski definition) is 2. The standard InChI is InChI=1S/C14H18N4O/c1-3-8-19-14-9-13(16-10(2)17-14)18-12-6-4-11(15)5-7-12/h4-7,9H,3,8,15H2,1-2H3,(H,16,17,18). The van der Waals surface area contributed by atoms with E-state index in [1.54, 1.807) is 6.07 Å². The van der Waals surface area contributed by atoms with Crippen molar-refractivity contribution in [2.24, 2.45) is 0 Å². The molecule has 0 fully saturated rings. The topological polar surface area (TPSA) is 73.1 Å². The number of benzene rings is 1. The summed E-state index contributed by atoms with van der Waals surface area (Å²) in [5.41, 5.74) is 7.31. The fourth-order valence-corrected chi connectivity index (χ4v) is 1.60. The third-order valence-electron chi connectivity index (χ3n) is 2.45. The average molecular weight is 258 g/mol. The van der Waals surface area contributed by atoms with Crippen molar-refractivity contribution in [3.63, 3.8) is 0 Å². The van der Waals surface area contributed by atoms with Gasteiger partial charge in [0.15, 0.2) is 0 Å². The molecule has 0 atom stereocenters. The zero-order valence-corrected chi connectivity index (χ0v) is 11.2. The Morgan fingerprint density at radius 3 is 2.63 bits per heavy atom. The molecule has 5 heteroatoms. The van der Waals surface area contributed by atoms with Crippen LogP contribution in [0, 0.1) is 6.92 Å². The number of aryl methyl sites for hydroxylation is 1. The van der Waals surface area contributed by atoms with Gasteiger partial charge in [0.2, 0.25) is 5.88 Å². The minimum absolute atomic E-state index is 0.590. The smallest absolute Gasteiger partial charge is 0.218 e. The summed E-state index contributed by atoms with van der Waals surface area (Å²) in [7, 11) is 0. The van der Waals surface area contributed by atoms with Crippen LogP contribution in [0.5, 0.6) is 5.88 Å². The molecule has 2 aromatic rings. The number of hydrogen-bond acceptors (Lipinski definition) is 5. The molecule has 100 valence electrons. The first-order chi connectivity index (χ1) is 9.17. The molecule has 1 aromatic carbocycles. The van der Waals surface area contributed by atoms with Crippen LogP contribution in [0.15, 0.2) is 30.3 Å². The van der Waals surface area contributed by atoms with E-state index in [1.807, 2.05) is 31.2 Å². The molecule has 1 heterocycles. The van der Waals surface area contributed by atoms with Crippen molar-refractivity contribution in [3.05, 3.63) is 36.2 Å². The largest absolute Gasteiger partial charge is 0.478 e. The minimum Gasteiger partial charge on any atom is -0.478 e. The maximum absolute atomic E-state index is 5.65. The molecule has 0 bridgehead atoms. The van der Waals surface area contributed by atoms with Gasteiger partial charge in [-0.1, -0.05) is 6.92 Å². The molecule has 5 nitrogen and oxygen atoms in total. The third-order valence-corrected chi connectivity index (χ3v) is 2.45. The van der Waals surface area contributed by atoms with E-state index in [-0.39, 0.29) is 0 Å². The molecule has 0 saturated heterocycles. The monoisotopic (exact) mass is 258 g/mol. The summed E-state index contributed by atoms with van der Waals surface area (Å²) in [5.74, 6) is 1.97. The second-order valence-corrected chi connectivity index (χ2v) is 4.23. The highest BCUT2D eigenvalue weighted by atomic mass is 16.5. The molecule has 0 spiro atoms. The third kappa shape index (κ3) is 3.84. The minimum atomic E-state index is 0.590. The van der Waals surface area contributed by atoms with Crippen molar-refractivity contribution in [2.75, 3.05) is 17.7 Å². The summed E-state index contributed by atoms with van der Waals surface area (Å²) in [6, 6.07) is 9.27. The molecule has 0 aliphatic heterocycles. The van der Waals surface area contributed by atoms with Crippen molar-refractivity contribution in [2.45, 2.75) is 20.3 Å². The van der Waals surface area contributed by atoms with E-state index in [0.29, 0.717) is 24.1 Å². The number of anilines is 3. The maximum Gasteiger partial charge on any atom is 0.218 e. The Morgan fingerprint density at radius 2 is 1.95 bits per heavy atom. The summed E-state index contributed by atoms with van der Waals surface area (Å²) >= 11 is 0. The van der Waals surface area contributed by atoms with Gasteiger partial charge in [0.05, 0.1) is 6.61 Å². The Labute approximate surface area is 112 Å². The van der Waals surface area contributed by atoms with Crippen molar-refractivity contribution in [1.29, 1.82) is 0 Å². The molecule has 0 aliphatic carbocycles. The van der Waals surface area contributed by atoms with E-state index < -0.39 is 0 Å². The highest BCUT2D eigenvalue weighted by molar-refractivity contribution is 5.59. The summed E-state index contributed by atoms with van der Waals surface area (Å²) in [5, 5.41) is 3.20. The Bertz CT molecular complexity index is 540. The lowest BCUT2D eigenvalue weighted by Gasteiger charge is -2.09. The van der Waals surface area contributed by atoms with Gasteiger partial charge in [0, 0.05) is 17.4 Å². The van der Waals surface area contributed by atoms with Gasteiger partial charge in [-0.15, -0.1) is 0 Å². The predicted molar refractivity (Wildman–Crippen MR) is 76.7 cm³/mol. The van der Waals surface area contributed by atoms with E-state index in [9.17, 15) is 0 Å². The molecule has 0 amide bonds. The van der Waals surface area contributed by atoms with Gasteiger partial charge in [-0.25, -0.2) is 4.98 Å².